The van der Waals surface area contributed by atoms with E-state index in [9.17, 15) is 18.0 Å². The van der Waals surface area contributed by atoms with E-state index < -0.39 is 9.84 Å². The van der Waals surface area contributed by atoms with Crippen LogP contribution in [0, 0.1) is 0 Å². The lowest BCUT2D eigenvalue weighted by Crippen LogP contribution is -2.41. The average molecular weight is 353 g/mol. The third-order valence-electron chi connectivity index (χ3n) is 3.94. The Morgan fingerprint density at radius 2 is 1.92 bits per heavy atom. The van der Waals surface area contributed by atoms with Crippen LogP contribution in [0.4, 0.5) is 11.4 Å². The van der Waals surface area contributed by atoms with E-state index in [1.54, 1.807) is 24.3 Å². The number of sulfone groups is 1. The fourth-order valence-electron chi connectivity index (χ4n) is 2.83. The third kappa shape index (κ3) is 5.31. The summed E-state index contributed by atoms with van der Waals surface area (Å²) < 4.78 is 23.2. The van der Waals surface area contributed by atoms with Crippen molar-refractivity contribution in [3.63, 3.8) is 0 Å². The van der Waals surface area contributed by atoms with Gasteiger partial charge in [-0.1, -0.05) is 13.0 Å². The third-order valence-corrected chi connectivity index (χ3v) is 5.69. The van der Waals surface area contributed by atoms with Gasteiger partial charge in [0.2, 0.25) is 11.8 Å². The number of nitrogens with zero attached hydrogens (tertiary/aromatic N) is 1. The van der Waals surface area contributed by atoms with Crippen LogP contribution in [0.5, 0.6) is 0 Å². The number of rotatable bonds is 6. The molecule has 0 saturated carbocycles. The number of carbonyl (C=O) groups is 2. The van der Waals surface area contributed by atoms with Crippen LogP contribution in [0.25, 0.3) is 0 Å². The molecule has 1 aromatic carbocycles. The van der Waals surface area contributed by atoms with Gasteiger partial charge < -0.3 is 10.6 Å². The molecule has 1 heterocycles. The van der Waals surface area contributed by atoms with Gasteiger partial charge in [0.1, 0.15) is 0 Å². The first-order valence-electron chi connectivity index (χ1n) is 7.91. The lowest BCUT2D eigenvalue weighted by molar-refractivity contribution is -0.117. The number of nitrogens with one attached hydrogen (secondary N) is 2. The molecule has 8 heteroatoms. The van der Waals surface area contributed by atoms with Crippen LogP contribution in [-0.2, 0) is 19.4 Å². The summed E-state index contributed by atoms with van der Waals surface area (Å²) in [5, 5.41) is 5.44. The molecule has 2 N–H and O–H groups in total. The van der Waals surface area contributed by atoms with Crippen molar-refractivity contribution in [2.45, 2.75) is 26.3 Å². The molecule has 132 valence electrons. The summed E-state index contributed by atoms with van der Waals surface area (Å²) in [5.41, 5.74) is 1.19. The Bertz CT molecular complexity index is 718. The van der Waals surface area contributed by atoms with Gasteiger partial charge in [0.25, 0.3) is 0 Å². The fraction of sp³-hybridized carbons (Fsp3) is 0.500. The molecule has 1 aliphatic heterocycles. The average Bonchev–Trinajstić information content (AvgIpc) is 2.84. The van der Waals surface area contributed by atoms with E-state index >= 15 is 0 Å². The molecule has 1 aliphatic rings. The van der Waals surface area contributed by atoms with Gasteiger partial charge in [0.15, 0.2) is 9.84 Å². The van der Waals surface area contributed by atoms with Gasteiger partial charge in [-0.2, -0.15) is 0 Å². The van der Waals surface area contributed by atoms with Crippen LogP contribution < -0.4 is 10.6 Å². The Hall–Kier alpha value is -1.93. The highest BCUT2D eigenvalue weighted by Crippen LogP contribution is 2.18. The first kappa shape index (κ1) is 18.4. The zero-order valence-electron chi connectivity index (χ0n) is 13.9. The largest absolute Gasteiger partial charge is 0.326 e. The van der Waals surface area contributed by atoms with Crippen LogP contribution in [0.15, 0.2) is 24.3 Å². The van der Waals surface area contributed by atoms with E-state index in [-0.39, 0.29) is 35.9 Å². The lowest BCUT2D eigenvalue weighted by atomic mass is 10.2. The zero-order chi connectivity index (χ0) is 17.7. The van der Waals surface area contributed by atoms with Crippen molar-refractivity contribution in [2.75, 3.05) is 35.2 Å². The normalized spacial score (nSPS) is 19.2. The Morgan fingerprint density at radius 1 is 1.25 bits per heavy atom. The van der Waals surface area contributed by atoms with E-state index in [0.29, 0.717) is 24.3 Å². The summed E-state index contributed by atoms with van der Waals surface area (Å²) in [6.45, 7) is 4.08. The quantitative estimate of drug-likeness (QED) is 0.798. The second kappa shape index (κ2) is 7.76. The maximum atomic E-state index is 12.2. The van der Waals surface area contributed by atoms with Crippen LogP contribution in [0.3, 0.4) is 0 Å². The van der Waals surface area contributed by atoms with Crippen LogP contribution in [-0.4, -0.2) is 55.8 Å². The number of likely N-dealkylation sites (N-methyl/N-ethyl adjacent to an activating group) is 1. The van der Waals surface area contributed by atoms with Gasteiger partial charge in [-0.25, -0.2) is 8.42 Å². The van der Waals surface area contributed by atoms with Crippen LogP contribution in [0.2, 0.25) is 0 Å². The smallest absolute Gasteiger partial charge is 0.238 e. The SMILES string of the molecule is CCN(CC(=O)Nc1cccc(NC(C)=O)c1)C1CCS(=O)(=O)C1. The van der Waals surface area contributed by atoms with Gasteiger partial charge >= 0.3 is 0 Å². The standard InChI is InChI=1S/C16H23N3O4S/c1-3-19(15-7-8-24(22,23)11-15)10-16(21)18-14-6-4-5-13(9-14)17-12(2)20/h4-6,9,15H,3,7-8,10-11H2,1-2H3,(H,17,20)(H,18,21). The molecule has 0 aliphatic carbocycles. The molecule has 0 aromatic heterocycles. The molecule has 1 fully saturated rings. The van der Waals surface area contributed by atoms with Gasteiger partial charge in [0.05, 0.1) is 18.1 Å². The molecule has 0 radical (unpaired) electrons. The van der Waals surface area contributed by atoms with Gasteiger partial charge in [-0.05, 0) is 31.2 Å². The first-order valence-corrected chi connectivity index (χ1v) is 9.73. The van der Waals surface area contributed by atoms with Crippen LogP contribution in [0.1, 0.15) is 20.3 Å². The summed E-state index contributed by atoms with van der Waals surface area (Å²) >= 11 is 0. The molecule has 2 amide bonds. The van der Waals surface area contributed by atoms with E-state index in [1.165, 1.54) is 6.92 Å². The van der Waals surface area contributed by atoms with E-state index in [4.69, 9.17) is 0 Å². The molecule has 1 unspecified atom stereocenters. The minimum absolute atomic E-state index is 0.100. The van der Waals surface area contributed by atoms with Crippen molar-refractivity contribution < 1.29 is 18.0 Å². The second-order valence-electron chi connectivity index (χ2n) is 5.93. The molecule has 2 rings (SSSR count). The summed E-state index contributed by atoms with van der Waals surface area (Å²) in [7, 11) is -2.98. The summed E-state index contributed by atoms with van der Waals surface area (Å²) in [4.78, 5) is 25.2. The van der Waals surface area contributed by atoms with Crippen molar-refractivity contribution in [2.24, 2.45) is 0 Å². The van der Waals surface area contributed by atoms with Crippen LogP contribution >= 0.6 is 0 Å². The van der Waals surface area contributed by atoms with Crippen molar-refractivity contribution in [3.8, 4) is 0 Å². The predicted octanol–water partition coefficient (Wildman–Crippen LogP) is 1.09. The number of anilines is 2. The van der Waals surface area contributed by atoms with E-state index in [2.05, 4.69) is 10.6 Å². The molecule has 7 nitrogen and oxygen atoms in total. The Kier molecular flexibility index (Phi) is 5.95. The Balaban J connectivity index is 1.95. The number of hydrogen-bond acceptors (Lipinski definition) is 5. The fourth-order valence-corrected chi connectivity index (χ4v) is 4.59. The second-order valence-corrected chi connectivity index (χ2v) is 8.16. The maximum absolute atomic E-state index is 12.2. The molecular formula is C16H23N3O4S. The lowest BCUT2D eigenvalue weighted by Gasteiger charge is -2.25. The molecule has 0 bridgehead atoms. The van der Waals surface area contributed by atoms with Crippen molar-refractivity contribution in [1.82, 2.24) is 4.90 Å². The Morgan fingerprint density at radius 3 is 2.46 bits per heavy atom. The molecule has 1 atom stereocenters. The highest BCUT2D eigenvalue weighted by Gasteiger charge is 2.32. The first-order chi connectivity index (χ1) is 11.3. The van der Waals surface area contributed by atoms with Gasteiger partial charge in [-0.3, -0.25) is 14.5 Å². The number of amides is 2. The summed E-state index contributed by atoms with van der Waals surface area (Å²) in [6, 6.07) is 6.78. The van der Waals surface area contributed by atoms with Crippen molar-refractivity contribution >= 4 is 33.0 Å². The monoisotopic (exact) mass is 353 g/mol. The molecule has 0 spiro atoms. The van der Waals surface area contributed by atoms with E-state index in [0.717, 1.165) is 0 Å². The number of benzene rings is 1. The van der Waals surface area contributed by atoms with Crippen molar-refractivity contribution in [1.29, 1.82) is 0 Å². The van der Waals surface area contributed by atoms with Crippen molar-refractivity contribution in [3.05, 3.63) is 24.3 Å². The zero-order valence-corrected chi connectivity index (χ0v) is 14.7. The molecule has 24 heavy (non-hydrogen) atoms. The Labute approximate surface area is 142 Å². The maximum Gasteiger partial charge on any atom is 0.238 e. The highest BCUT2D eigenvalue weighted by molar-refractivity contribution is 7.91. The molecule has 1 saturated heterocycles. The highest BCUT2D eigenvalue weighted by atomic mass is 32.2. The van der Waals surface area contributed by atoms with Gasteiger partial charge in [0, 0.05) is 24.3 Å². The van der Waals surface area contributed by atoms with E-state index in [1.807, 2.05) is 11.8 Å². The summed E-state index contributed by atoms with van der Waals surface area (Å²) in [6.07, 6.45) is 0.571. The predicted molar refractivity (Wildman–Crippen MR) is 93.7 cm³/mol. The summed E-state index contributed by atoms with van der Waals surface area (Å²) in [5.74, 6) is -0.0834. The topological polar surface area (TPSA) is 95.6 Å². The molecular weight excluding hydrogens is 330 g/mol. The minimum atomic E-state index is -2.98. The molecule has 1 aromatic rings. The number of carbonyl (C=O) groups excluding carboxylic acids is 2. The number of hydrogen-bond donors (Lipinski definition) is 2. The van der Waals surface area contributed by atoms with Gasteiger partial charge in [-0.15, -0.1) is 0 Å². The minimum Gasteiger partial charge on any atom is -0.326 e.